The standard InChI is InChI=1S/C9H11ClN2O2/c1-14-9(13)8(12-11)6-4-2-3-5-7(6)10/h2-5,8,12H,11H2,1H3/t8-/m1/s1. The van der Waals surface area contributed by atoms with Gasteiger partial charge in [-0.25, -0.2) is 10.2 Å². The molecule has 0 heterocycles. The molecule has 0 aliphatic carbocycles. The maximum Gasteiger partial charge on any atom is 0.328 e. The van der Waals surface area contributed by atoms with E-state index >= 15 is 0 Å². The Labute approximate surface area is 87.0 Å². The van der Waals surface area contributed by atoms with Gasteiger partial charge in [-0.3, -0.25) is 5.84 Å². The summed E-state index contributed by atoms with van der Waals surface area (Å²) in [7, 11) is 1.30. The number of hydrogen-bond acceptors (Lipinski definition) is 4. The van der Waals surface area contributed by atoms with Crippen molar-refractivity contribution >= 4 is 17.6 Å². The van der Waals surface area contributed by atoms with Crippen molar-refractivity contribution in [3.63, 3.8) is 0 Å². The van der Waals surface area contributed by atoms with Crippen molar-refractivity contribution < 1.29 is 9.53 Å². The second kappa shape index (κ2) is 4.95. The van der Waals surface area contributed by atoms with E-state index in [1.165, 1.54) is 7.11 Å². The number of nitrogens with two attached hydrogens (primary N) is 1. The van der Waals surface area contributed by atoms with Crippen molar-refractivity contribution in [3.8, 4) is 0 Å². The molecule has 14 heavy (non-hydrogen) atoms. The number of hydrogen-bond donors (Lipinski definition) is 2. The number of rotatable bonds is 3. The largest absolute Gasteiger partial charge is 0.468 e. The first-order chi connectivity index (χ1) is 6.70. The molecule has 0 unspecified atom stereocenters. The molecular formula is C9H11ClN2O2. The molecule has 1 aromatic carbocycles. The van der Waals surface area contributed by atoms with Crippen LogP contribution in [0.5, 0.6) is 0 Å². The summed E-state index contributed by atoms with van der Waals surface area (Å²) in [4.78, 5) is 11.3. The first-order valence-electron chi connectivity index (χ1n) is 3.99. The van der Waals surface area contributed by atoms with Gasteiger partial charge in [0.05, 0.1) is 7.11 Å². The molecule has 76 valence electrons. The summed E-state index contributed by atoms with van der Waals surface area (Å²) < 4.78 is 4.57. The molecular weight excluding hydrogens is 204 g/mol. The van der Waals surface area contributed by atoms with Crippen LogP contribution in [0.1, 0.15) is 11.6 Å². The van der Waals surface area contributed by atoms with E-state index in [1.807, 2.05) is 0 Å². The smallest absolute Gasteiger partial charge is 0.328 e. The normalized spacial score (nSPS) is 12.2. The molecule has 0 aliphatic heterocycles. The van der Waals surface area contributed by atoms with E-state index in [1.54, 1.807) is 24.3 Å². The highest BCUT2D eigenvalue weighted by Gasteiger charge is 2.21. The van der Waals surface area contributed by atoms with E-state index in [0.29, 0.717) is 10.6 Å². The number of methoxy groups -OCH3 is 1. The molecule has 0 aliphatic rings. The molecule has 5 heteroatoms. The van der Waals surface area contributed by atoms with E-state index in [4.69, 9.17) is 17.4 Å². The van der Waals surface area contributed by atoms with Gasteiger partial charge in [-0.2, -0.15) is 0 Å². The quantitative estimate of drug-likeness (QED) is 0.448. The average Bonchev–Trinajstić information content (AvgIpc) is 2.21. The van der Waals surface area contributed by atoms with E-state index in [-0.39, 0.29) is 0 Å². The molecule has 0 radical (unpaired) electrons. The van der Waals surface area contributed by atoms with Gasteiger partial charge >= 0.3 is 5.97 Å². The predicted molar refractivity (Wildman–Crippen MR) is 53.5 cm³/mol. The van der Waals surface area contributed by atoms with Crippen LogP contribution in [-0.2, 0) is 9.53 Å². The van der Waals surface area contributed by atoms with E-state index in [2.05, 4.69) is 10.2 Å². The van der Waals surface area contributed by atoms with Crippen LogP contribution in [0.4, 0.5) is 0 Å². The first kappa shape index (κ1) is 11.0. The number of hydrazine groups is 1. The Bertz CT molecular complexity index is 330. The lowest BCUT2D eigenvalue weighted by Gasteiger charge is -2.14. The Hall–Kier alpha value is -1.10. The maximum atomic E-state index is 11.3. The van der Waals surface area contributed by atoms with E-state index in [0.717, 1.165) is 0 Å². The third kappa shape index (κ3) is 2.23. The fourth-order valence-corrected chi connectivity index (χ4v) is 1.36. The van der Waals surface area contributed by atoms with Crippen LogP contribution >= 0.6 is 11.6 Å². The number of halogens is 1. The zero-order valence-electron chi connectivity index (χ0n) is 7.66. The van der Waals surface area contributed by atoms with Crippen LogP contribution in [0.15, 0.2) is 24.3 Å². The summed E-state index contributed by atoms with van der Waals surface area (Å²) in [5.74, 6) is 4.77. The molecule has 0 saturated carbocycles. The van der Waals surface area contributed by atoms with Crippen molar-refractivity contribution in [3.05, 3.63) is 34.9 Å². The molecule has 0 fully saturated rings. The molecule has 0 spiro atoms. The lowest BCUT2D eigenvalue weighted by atomic mass is 10.1. The summed E-state index contributed by atoms with van der Waals surface area (Å²) in [6.07, 6.45) is 0. The second-order valence-electron chi connectivity index (χ2n) is 2.64. The third-order valence-electron chi connectivity index (χ3n) is 1.82. The number of ether oxygens (including phenoxy) is 1. The predicted octanol–water partition coefficient (Wildman–Crippen LogP) is 1.02. The monoisotopic (exact) mass is 214 g/mol. The van der Waals surface area contributed by atoms with Crippen LogP contribution in [-0.4, -0.2) is 13.1 Å². The third-order valence-corrected chi connectivity index (χ3v) is 2.16. The molecule has 1 atom stereocenters. The van der Waals surface area contributed by atoms with Crippen LogP contribution in [0.3, 0.4) is 0 Å². The minimum Gasteiger partial charge on any atom is -0.468 e. The highest BCUT2D eigenvalue weighted by atomic mass is 35.5. The van der Waals surface area contributed by atoms with Gasteiger partial charge < -0.3 is 4.74 Å². The van der Waals surface area contributed by atoms with Gasteiger partial charge in [-0.15, -0.1) is 0 Å². The van der Waals surface area contributed by atoms with Crippen LogP contribution in [0.25, 0.3) is 0 Å². The zero-order valence-corrected chi connectivity index (χ0v) is 8.41. The number of nitrogens with one attached hydrogen (secondary N) is 1. The lowest BCUT2D eigenvalue weighted by molar-refractivity contribution is -0.143. The Kier molecular flexibility index (Phi) is 3.88. The topological polar surface area (TPSA) is 64.3 Å². The van der Waals surface area contributed by atoms with E-state index < -0.39 is 12.0 Å². The summed E-state index contributed by atoms with van der Waals surface area (Å²) >= 11 is 5.90. The summed E-state index contributed by atoms with van der Waals surface area (Å²) in [5.41, 5.74) is 2.95. The van der Waals surface area contributed by atoms with Crippen LogP contribution < -0.4 is 11.3 Å². The van der Waals surface area contributed by atoms with Crippen molar-refractivity contribution in [2.24, 2.45) is 5.84 Å². The first-order valence-corrected chi connectivity index (χ1v) is 4.37. The van der Waals surface area contributed by atoms with Gasteiger partial charge in [-0.1, -0.05) is 29.8 Å². The number of carbonyl (C=O) groups is 1. The van der Waals surface area contributed by atoms with Gasteiger partial charge in [0.25, 0.3) is 0 Å². The van der Waals surface area contributed by atoms with Gasteiger partial charge in [-0.05, 0) is 6.07 Å². The SMILES string of the molecule is COC(=O)[C@H](NN)c1ccccc1Cl. The minimum absolute atomic E-state index is 0.472. The van der Waals surface area contributed by atoms with Crippen molar-refractivity contribution in [1.82, 2.24) is 5.43 Å². The van der Waals surface area contributed by atoms with Crippen LogP contribution in [0.2, 0.25) is 5.02 Å². The van der Waals surface area contributed by atoms with Crippen molar-refractivity contribution in [2.75, 3.05) is 7.11 Å². The fourth-order valence-electron chi connectivity index (χ4n) is 1.11. The molecule has 0 amide bonds. The Morgan fingerprint density at radius 3 is 2.71 bits per heavy atom. The summed E-state index contributed by atoms with van der Waals surface area (Å²) in [6.45, 7) is 0. The Morgan fingerprint density at radius 2 is 2.21 bits per heavy atom. The summed E-state index contributed by atoms with van der Waals surface area (Å²) in [6, 6.07) is 6.22. The molecule has 3 N–H and O–H groups in total. The molecule has 1 rings (SSSR count). The Morgan fingerprint density at radius 1 is 1.57 bits per heavy atom. The fraction of sp³-hybridized carbons (Fsp3) is 0.222. The highest BCUT2D eigenvalue weighted by Crippen LogP contribution is 2.22. The molecule has 0 saturated heterocycles. The maximum absolute atomic E-state index is 11.3. The molecule has 1 aromatic rings. The second-order valence-corrected chi connectivity index (χ2v) is 3.05. The van der Waals surface area contributed by atoms with Gasteiger partial charge in [0.2, 0.25) is 0 Å². The highest BCUT2D eigenvalue weighted by molar-refractivity contribution is 6.31. The van der Waals surface area contributed by atoms with Gasteiger partial charge in [0.1, 0.15) is 6.04 Å². The van der Waals surface area contributed by atoms with Crippen LogP contribution in [0, 0.1) is 0 Å². The van der Waals surface area contributed by atoms with E-state index in [9.17, 15) is 4.79 Å². The molecule has 0 aromatic heterocycles. The van der Waals surface area contributed by atoms with Gasteiger partial charge in [0, 0.05) is 10.6 Å². The average molecular weight is 215 g/mol. The number of carbonyl (C=O) groups excluding carboxylic acids is 1. The lowest BCUT2D eigenvalue weighted by Crippen LogP contribution is -2.34. The Balaban J connectivity index is 3.01. The number of esters is 1. The van der Waals surface area contributed by atoms with Crippen molar-refractivity contribution in [2.45, 2.75) is 6.04 Å². The number of benzene rings is 1. The van der Waals surface area contributed by atoms with Crippen molar-refractivity contribution in [1.29, 1.82) is 0 Å². The van der Waals surface area contributed by atoms with Gasteiger partial charge in [0.15, 0.2) is 0 Å². The minimum atomic E-state index is -0.728. The molecule has 0 bridgehead atoms. The summed E-state index contributed by atoms with van der Waals surface area (Å²) in [5, 5.41) is 0.473. The zero-order chi connectivity index (χ0) is 10.6. The molecule has 4 nitrogen and oxygen atoms in total.